The molecule has 2 aromatic carbocycles. The van der Waals surface area contributed by atoms with E-state index in [-0.39, 0.29) is 6.61 Å². The lowest BCUT2D eigenvalue weighted by Gasteiger charge is -2.05. The second-order valence-corrected chi connectivity index (χ2v) is 5.97. The molecular formula is C14H10Br2N2O2. The number of benzene rings is 2. The van der Waals surface area contributed by atoms with Crippen LogP contribution in [0.4, 0.5) is 5.69 Å². The molecule has 20 heavy (non-hydrogen) atoms. The van der Waals surface area contributed by atoms with Crippen LogP contribution < -0.4 is 10.5 Å². The van der Waals surface area contributed by atoms with Gasteiger partial charge in [-0.25, -0.2) is 4.98 Å². The van der Waals surface area contributed by atoms with Crippen LogP contribution in [-0.4, -0.2) is 4.98 Å². The molecule has 4 nitrogen and oxygen atoms in total. The molecular weight excluding hydrogens is 388 g/mol. The van der Waals surface area contributed by atoms with E-state index < -0.39 is 0 Å². The molecule has 1 heterocycles. The minimum absolute atomic E-state index is 0.259. The molecule has 0 aliphatic rings. The highest BCUT2D eigenvalue weighted by atomic mass is 79.9. The Hall–Kier alpha value is -1.53. The number of oxazole rings is 1. The summed E-state index contributed by atoms with van der Waals surface area (Å²) < 4.78 is 13.1. The van der Waals surface area contributed by atoms with Crippen LogP contribution in [0.5, 0.6) is 5.75 Å². The highest BCUT2D eigenvalue weighted by Gasteiger charge is 2.08. The zero-order chi connectivity index (χ0) is 14.1. The fourth-order valence-electron chi connectivity index (χ4n) is 1.79. The summed E-state index contributed by atoms with van der Waals surface area (Å²) in [5.74, 6) is 1.25. The van der Waals surface area contributed by atoms with Crippen LogP contribution in [0.3, 0.4) is 0 Å². The SMILES string of the molecule is Nc1ccc2oc(COc3ccc(Br)cc3Br)nc2c1. The lowest BCUT2D eigenvalue weighted by atomic mass is 10.3. The number of nitrogens with two attached hydrogens (primary N) is 1. The second kappa shape index (κ2) is 5.46. The summed E-state index contributed by atoms with van der Waals surface area (Å²) in [6.45, 7) is 0.259. The van der Waals surface area contributed by atoms with E-state index >= 15 is 0 Å². The molecule has 0 saturated carbocycles. The molecule has 0 fully saturated rings. The van der Waals surface area contributed by atoms with E-state index in [4.69, 9.17) is 14.9 Å². The normalized spacial score (nSPS) is 10.9. The van der Waals surface area contributed by atoms with Crippen molar-refractivity contribution in [3.63, 3.8) is 0 Å². The molecule has 0 radical (unpaired) electrons. The number of ether oxygens (including phenoxy) is 1. The van der Waals surface area contributed by atoms with E-state index in [1.54, 1.807) is 18.2 Å². The molecule has 0 atom stereocenters. The molecule has 3 aromatic rings. The van der Waals surface area contributed by atoms with E-state index in [2.05, 4.69) is 36.8 Å². The summed E-state index contributed by atoms with van der Waals surface area (Å²) in [5, 5.41) is 0. The Morgan fingerprint density at radius 1 is 1.15 bits per heavy atom. The first-order valence-corrected chi connectivity index (χ1v) is 7.43. The van der Waals surface area contributed by atoms with E-state index in [0.29, 0.717) is 17.2 Å². The van der Waals surface area contributed by atoms with Gasteiger partial charge in [-0.15, -0.1) is 0 Å². The van der Waals surface area contributed by atoms with Gasteiger partial charge >= 0.3 is 0 Å². The molecule has 0 bridgehead atoms. The molecule has 0 aliphatic heterocycles. The van der Waals surface area contributed by atoms with Crippen molar-refractivity contribution in [2.45, 2.75) is 6.61 Å². The minimum atomic E-state index is 0.259. The number of hydrogen-bond acceptors (Lipinski definition) is 4. The fraction of sp³-hybridized carbons (Fsp3) is 0.0714. The summed E-state index contributed by atoms with van der Waals surface area (Å²) in [5.41, 5.74) is 7.81. The maximum Gasteiger partial charge on any atom is 0.233 e. The van der Waals surface area contributed by atoms with Gasteiger partial charge in [0, 0.05) is 10.2 Å². The topological polar surface area (TPSA) is 61.3 Å². The Kier molecular flexibility index (Phi) is 3.67. The summed E-state index contributed by atoms with van der Waals surface area (Å²) in [6, 6.07) is 11.1. The van der Waals surface area contributed by atoms with Crippen molar-refractivity contribution < 1.29 is 9.15 Å². The van der Waals surface area contributed by atoms with E-state index in [1.807, 2.05) is 18.2 Å². The zero-order valence-electron chi connectivity index (χ0n) is 10.3. The van der Waals surface area contributed by atoms with Crippen LogP contribution in [-0.2, 0) is 6.61 Å². The third-order valence-electron chi connectivity index (χ3n) is 2.70. The molecule has 0 saturated heterocycles. The smallest absolute Gasteiger partial charge is 0.233 e. The first-order valence-electron chi connectivity index (χ1n) is 5.84. The summed E-state index contributed by atoms with van der Waals surface area (Å²) in [6.07, 6.45) is 0. The lowest BCUT2D eigenvalue weighted by Crippen LogP contribution is -1.96. The van der Waals surface area contributed by atoms with Crippen molar-refractivity contribution in [3.8, 4) is 5.75 Å². The zero-order valence-corrected chi connectivity index (χ0v) is 13.4. The number of halogens is 2. The average molecular weight is 398 g/mol. The predicted molar refractivity (Wildman–Crippen MR) is 84.6 cm³/mol. The van der Waals surface area contributed by atoms with Gasteiger partial charge in [0.05, 0.1) is 4.47 Å². The van der Waals surface area contributed by atoms with E-state index in [9.17, 15) is 0 Å². The average Bonchev–Trinajstić information content (AvgIpc) is 2.79. The minimum Gasteiger partial charge on any atom is -0.483 e. The number of nitrogens with zero attached hydrogens (tertiary/aromatic N) is 1. The quantitative estimate of drug-likeness (QED) is 0.660. The predicted octanol–water partition coefficient (Wildman–Crippen LogP) is 4.51. The molecule has 0 amide bonds. The standard InChI is InChI=1S/C14H10Br2N2O2/c15-8-1-3-12(10(16)5-8)19-7-14-18-11-6-9(17)2-4-13(11)20-14/h1-6H,7,17H2. The van der Waals surface area contributed by atoms with E-state index in [0.717, 1.165) is 20.2 Å². The van der Waals surface area contributed by atoms with Gasteiger partial charge in [-0.3, -0.25) is 0 Å². The van der Waals surface area contributed by atoms with Gasteiger partial charge in [0.15, 0.2) is 12.2 Å². The lowest BCUT2D eigenvalue weighted by molar-refractivity contribution is 0.265. The number of hydrogen-bond donors (Lipinski definition) is 1. The Morgan fingerprint density at radius 2 is 2.00 bits per heavy atom. The summed E-state index contributed by atoms with van der Waals surface area (Å²) in [4.78, 5) is 4.34. The molecule has 3 rings (SSSR count). The number of rotatable bonds is 3. The molecule has 0 unspecified atom stereocenters. The van der Waals surface area contributed by atoms with Gasteiger partial charge in [0.25, 0.3) is 0 Å². The maximum absolute atomic E-state index is 5.71. The van der Waals surface area contributed by atoms with Gasteiger partial charge in [-0.1, -0.05) is 15.9 Å². The van der Waals surface area contributed by atoms with Crippen molar-refractivity contribution in [1.29, 1.82) is 0 Å². The molecule has 1 aromatic heterocycles. The van der Waals surface area contributed by atoms with Gasteiger partial charge in [0.2, 0.25) is 5.89 Å². The van der Waals surface area contributed by atoms with E-state index in [1.165, 1.54) is 0 Å². The van der Waals surface area contributed by atoms with Crippen molar-refractivity contribution in [2.75, 3.05) is 5.73 Å². The molecule has 0 aliphatic carbocycles. The van der Waals surface area contributed by atoms with Crippen LogP contribution in [0.1, 0.15) is 5.89 Å². The maximum atomic E-state index is 5.71. The van der Waals surface area contributed by atoms with Crippen molar-refractivity contribution in [1.82, 2.24) is 4.98 Å². The van der Waals surface area contributed by atoms with Gasteiger partial charge < -0.3 is 14.9 Å². The number of fused-ring (bicyclic) bond motifs is 1. The molecule has 102 valence electrons. The Balaban J connectivity index is 1.79. The first kappa shape index (κ1) is 13.5. The number of nitrogen functional groups attached to an aromatic ring is 1. The Labute approximate surface area is 132 Å². The largest absolute Gasteiger partial charge is 0.483 e. The van der Waals surface area contributed by atoms with Crippen LogP contribution in [0.2, 0.25) is 0 Å². The number of aromatic nitrogens is 1. The fourth-order valence-corrected chi connectivity index (χ4v) is 2.95. The monoisotopic (exact) mass is 396 g/mol. The summed E-state index contributed by atoms with van der Waals surface area (Å²) >= 11 is 6.84. The van der Waals surface area contributed by atoms with Crippen molar-refractivity contribution in [2.24, 2.45) is 0 Å². The first-order chi connectivity index (χ1) is 9.61. The van der Waals surface area contributed by atoms with Crippen LogP contribution in [0, 0.1) is 0 Å². The summed E-state index contributed by atoms with van der Waals surface area (Å²) in [7, 11) is 0. The van der Waals surface area contributed by atoms with Crippen molar-refractivity contribution in [3.05, 3.63) is 51.2 Å². The van der Waals surface area contributed by atoms with Crippen molar-refractivity contribution >= 4 is 48.6 Å². The van der Waals surface area contributed by atoms with Gasteiger partial charge in [-0.2, -0.15) is 0 Å². The second-order valence-electron chi connectivity index (χ2n) is 4.20. The molecule has 2 N–H and O–H groups in total. The third-order valence-corrected chi connectivity index (χ3v) is 3.81. The Morgan fingerprint density at radius 3 is 2.80 bits per heavy atom. The molecule has 0 spiro atoms. The van der Waals surface area contributed by atoms with Gasteiger partial charge in [-0.05, 0) is 52.3 Å². The highest BCUT2D eigenvalue weighted by Crippen LogP contribution is 2.29. The number of anilines is 1. The third kappa shape index (κ3) is 2.81. The van der Waals surface area contributed by atoms with Crippen LogP contribution in [0.25, 0.3) is 11.1 Å². The van der Waals surface area contributed by atoms with Gasteiger partial charge in [0.1, 0.15) is 11.3 Å². The van der Waals surface area contributed by atoms with Crippen LogP contribution >= 0.6 is 31.9 Å². The molecule has 6 heteroatoms. The highest BCUT2D eigenvalue weighted by molar-refractivity contribution is 9.11. The Bertz CT molecular complexity index is 771. The van der Waals surface area contributed by atoms with Crippen LogP contribution in [0.15, 0.2) is 49.8 Å².